The zero-order valence-electron chi connectivity index (χ0n) is 8.37. The van der Waals surface area contributed by atoms with E-state index in [0.29, 0.717) is 23.9 Å². The van der Waals surface area contributed by atoms with Gasteiger partial charge >= 0.3 is 0 Å². The van der Waals surface area contributed by atoms with Gasteiger partial charge in [-0.3, -0.25) is 0 Å². The van der Waals surface area contributed by atoms with Crippen LogP contribution in [0, 0.1) is 6.92 Å². The topological polar surface area (TPSA) is 35.0 Å². The molecule has 6 heteroatoms. The van der Waals surface area contributed by atoms with Crippen LogP contribution < -0.4 is 4.74 Å². The number of alkyl halides is 2. The van der Waals surface area contributed by atoms with Gasteiger partial charge in [0, 0.05) is 24.4 Å². The van der Waals surface area contributed by atoms with Crippen molar-refractivity contribution in [2.75, 3.05) is 0 Å². The van der Waals surface area contributed by atoms with Crippen molar-refractivity contribution in [2.24, 2.45) is 0 Å². The first-order valence-electron chi connectivity index (χ1n) is 4.90. The molecule has 1 aromatic heterocycles. The second-order valence-electron chi connectivity index (χ2n) is 3.78. The van der Waals surface area contributed by atoms with Crippen LogP contribution in [0.25, 0.3) is 0 Å². The van der Waals surface area contributed by atoms with Gasteiger partial charge in [-0.25, -0.2) is 8.78 Å². The standard InChI is InChI=1S/C9H12F2N2OS/c1-6-12-8(15-13-6)14-7-2-4-9(10,11)5-3-7/h7H,2-5H2,1H3. The quantitative estimate of drug-likeness (QED) is 0.789. The summed E-state index contributed by atoms with van der Waals surface area (Å²) in [7, 11) is 0. The van der Waals surface area contributed by atoms with Crippen molar-refractivity contribution in [2.45, 2.75) is 44.6 Å². The van der Waals surface area contributed by atoms with Gasteiger partial charge in [0.15, 0.2) is 0 Å². The van der Waals surface area contributed by atoms with Gasteiger partial charge in [-0.15, -0.1) is 0 Å². The van der Waals surface area contributed by atoms with Crippen molar-refractivity contribution in [3.05, 3.63) is 5.82 Å². The Morgan fingerprint density at radius 1 is 1.40 bits per heavy atom. The average Bonchev–Trinajstić information content (AvgIpc) is 2.55. The van der Waals surface area contributed by atoms with E-state index >= 15 is 0 Å². The predicted octanol–water partition coefficient (Wildman–Crippen LogP) is 2.80. The minimum Gasteiger partial charge on any atom is -0.466 e. The minimum absolute atomic E-state index is 0.0878. The van der Waals surface area contributed by atoms with Crippen LogP contribution in [0.15, 0.2) is 0 Å². The summed E-state index contributed by atoms with van der Waals surface area (Å²) >= 11 is 1.17. The van der Waals surface area contributed by atoms with Crippen LogP contribution in [0.1, 0.15) is 31.5 Å². The summed E-state index contributed by atoms with van der Waals surface area (Å²) in [6, 6.07) is 0. The van der Waals surface area contributed by atoms with E-state index in [0.717, 1.165) is 0 Å². The number of aryl methyl sites for hydroxylation is 1. The van der Waals surface area contributed by atoms with Crippen molar-refractivity contribution in [1.82, 2.24) is 9.36 Å². The molecule has 0 amide bonds. The fourth-order valence-electron chi connectivity index (χ4n) is 1.60. The molecule has 84 valence electrons. The molecular weight excluding hydrogens is 222 g/mol. The molecule has 1 heterocycles. The van der Waals surface area contributed by atoms with E-state index in [1.54, 1.807) is 6.92 Å². The first-order valence-corrected chi connectivity index (χ1v) is 5.67. The molecule has 0 spiro atoms. The summed E-state index contributed by atoms with van der Waals surface area (Å²) < 4.78 is 35.1. The summed E-state index contributed by atoms with van der Waals surface area (Å²) in [5.74, 6) is -1.84. The molecule has 0 atom stereocenters. The van der Waals surface area contributed by atoms with Crippen molar-refractivity contribution in [3.63, 3.8) is 0 Å². The molecule has 3 nitrogen and oxygen atoms in total. The fraction of sp³-hybridized carbons (Fsp3) is 0.778. The first kappa shape index (κ1) is 10.7. The van der Waals surface area contributed by atoms with E-state index in [2.05, 4.69) is 9.36 Å². The Labute approximate surface area is 90.6 Å². The molecule has 0 aliphatic heterocycles. The highest BCUT2D eigenvalue weighted by Crippen LogP contribution is 2.34. The van der Waals surface area contributed by atoms with E-state index in [4.69, 9.17) is 4.74 Å². The molecule has 15 heavy (non-hydrogen) atoms. The number of hydrogen-bond donors (Lipinski definition) is 0. The van der Waals surface area contributed by atoms with Gasteiger partial charge in [0.2, 0.25) is 5.92 Å². The van der Waals surface area contributed by atoms with Gasteiger partial charge in [-0.1, -0.05) is 0 Å². The Hall–Kier alpha value is -0.780. The fourth-order valence-corrected chi connectivity index (χ4v) is 2.20. The monoisotopic (exact) mass is 234 g/mol. The summed E-state index contributed by atoms with van der Waals surface area (Å²) in [6.07, 6.45) is 0.485. The molecular formula is C9H12F2N2OS. The molecule has 1 fully saturated rings. The molecule has 1 aliphatic carbocycles. The van der Waals surface area contributed by atoms with Crippen molar-refractivity contribution in [1.29, 1.82) is 0 Å². The summed E-state index contributed by atoms with van der Waals surface area (Å²) in [4.78, 5) is 4.04. The third-order valence-electron chi connectivity index (χ3n) is 2.44. The summed E-state index contributed by atoms with van der Waals surface area (Å²) in [6.45, 7) is 1.78. The van der Waals surface area contributed by atoms with Gasteiger partial charge in [-0.2, -0.15) is 9.36 Å². The van der Waals surface area contributed by atoms with Crippen LogP contribution in [0.4, 0.5) is 8.78 Å². The van der Waals surface area contributed by atoms with Gasteiger partial charge < -0.3 is 4.74 Å². The lowest BCUT2D eigenvalue weighted by Gasteiger charge is -2.27. The highest BCUT2D eigenvalue weighted by molar-refractivity contribution is 7.07. The second kappa shape index (κ2) is 4.00. The number of hydrogen-bond acceptors (Lipinski definition) is 4. The number of halogens is 2. The first-order chi connectivity index (χ1) is 7.05. The summed E-state index contributed by atoms with van der Waals surface area (Å²) in [5, 5.41) is 0.489. The van der Waals surface area contributed by atoms with Gasteiger partial charge in [-0.05, 0) is 19.8 Å². The third kappa shape index (κ3) is 2.84. The maximum atomic E-state index is 12.8. The second-order valence-corrected chi connectivity index (χ2v) is 4.50. The molecule has 0 bridgehead atoms. The number of rotatable bonds is 2. The van der Waals surface area contributed by atoms with Gasteiger partial charge in [0.25, 0.3) is 5.19 Å². The smallest absolute Gasteiger partial charge is 0.293 e. The Morgan fingerprint density at radius 2 is 2.07 bits per heavy atom. The van der Waals surface area contributed by atoms with Crippen molar-refractivity contribution >= 4 is 11.5 Å². The molecule has 0 N–H and O–H groups in total. The van der Waals surface area contributed by atoms with E-state index in [-0.39, 0.29) is 18.9 Å². The van der Waals surface area contributed by atoms with Gasteiger partial charge in [0.05, 0.1) is 0 Å². The number of nitrogens with zero attached hydrogens (tertiary/aromatic N) is 2. The van der Waals surface area contributed by atoms with Crippen LogP contribution in [0.2, 0.25) is 0 Å². The van der Waals surface area contributed by atoms with E-state index in [1.165, 1.54) is 11.5 Å². The Balaban J connectivity index is 1.87. The normalized spacial score (nSPS) is 21.5. The Bertz CT molecular complexity index is 333. The summed E-state index contributed by atoms with van der Waals surface area (Å²) in [5.41, 5.74) is 0. The lowest BCUT2D eigenvalue weighted by Crippen LogP contribution is -2.30. The maximum absolute atomic E-state index is 12.8. The molecule has 2 rings (SSSR count). The molecule has 0 saturated heterocycles. The largest absolute Gasteiger partial charge is 0.466 e. The Morgan fingerprint density at radius 3 is 2.60 bits per heavy atom. The van der Waals surface area contributed by atoms with E-state index in [9.17, 15) is 8.78 Å². The third-order valence-corrected chi connectivity index (χ3v) is 3.14. The lowest BCUT2D eigenvalue weighted by atomic mass is 9.94. The minimum atomic E-state index is -2.50. The number of ether oxygens (including phenoxy) is 1. The molecule has 1 saturated carbocycles. The van der Waals surface area contributed by atoms with Crippen molar-refractivity contribution in [3.8, 4) is 5.19 Å². The van der Waals surface area contributed by atoms with Crippen LogP contribution in [0.5, 0.6) is 5.19 Å². The molecule has 0 aromatic carbocycles. The van der Waals surface area contributed by atoms with E-state index in [1.807, 2.05) is 0 Å². The highest BCUT2D eigenvalue weighted by atomic mass is 32.1. The highest BCUT2D eigenvalue weighted by Gasteiger charge is 2.35. The van der Waals surface area contributed by atoms with Crippen molar-refractivity contribution < 1.29 is 13.5 Å². The van der Waals surface area contributed by atoms with Crippen LogP contribution in [-0.2, 0) is 0 Å². The zero-order chi connectivity index (χ0) is 10.9. The lowest BCUT2D eigenvalue weighted by molar-refractivity contribution is -0.0582. The van der Waals surface area contributed by atoms with Crippen LogP contribution >= 0.6 is 11.5 Å². The molecule has 1 aliphatic rings. The van der Waals surface area contributed by atoms with Crippen LogP contribution in [-0.4, -0.2) is 21.4 Å². The SMILES string of the molecule is Cc1nsc(OC2CCC(F)(F)CC2)n1. The Kier molecular flexibility index (Phi) is 2.86. The molecule has 1 aromatic rings. The molecule has 0 unspecified atom stereocenters. The average molecular weight is 234 g/mol. The molecule has 0 radical (unpaired) electrons. The zero-order valence-corrected chi connectivity index (χ0v) is 9.19. The van der Waals surface area contributed by atoms with Crippen LogP contribution in [0.3, 0.4) is 0 Å². The predicted molar refractivity (Wildman–Crippen MR) is 52.5 cm³/mol. The van der Waals surface area contributed by atoms with E-state index < -0.39 is 5.92 Å². The number of aromatic nitrogens is 2. The van der Waals surface area contributed by atoms with Gasteiger partial charge in [0.1, 0.15) is 11.9 Å². The maximum Gasteiger partial charge on any atom is 0.293 e.